The number of hydrogen-bond acceptors (Lipinski definition) is 5. The molecule has 2 rings (SSSR count). The Labute approximate surface area is 146 Å². The molecule has 1 atom stereocenters. The van der Waals surface area contributed by atoms with E-state index in [0.717, 1.165) is 5.56 Å². The molecule has 0 unspecified atom stereocenters. The Bertz CT molecular complexity index is 604. The van der Waals surface area contributed by atoms with Crippen LogP contribution in [-0.4, -0.2) is 55.8 Å². The van der Waals surface area contributed by atoms with Crippen LogP contribution in [0.25, 0.3) is 0 Å². The highest BCUT2D eigenvalue weighted by molar-refractivity contribution is 6.04. The van der Waals surface area contributed by atoms with Crippen molar-refractivity contribution >= 4 is 17.8 Å². The summed E-state index contributed by atoms with van der Waals surface area (Å²) in [5, 5.41) is 5.28. The summed E-state index contributed by atoms with van der Waals surface area (Å²) >= 11 is 0. The first-order chi connectivity index (χ1) is 12.0. The molecule has 8 nitrogen and oxygen atoms in total. The Balaban J connectivity index is 1.80. The van der Waals surface area contributed by atoms with Crippen molar-refractivity contribution in [1.29, 1.82) is 0 Å². The second kappa shape index (κ2) is 9.14. The molecule has 1 heterocycles. The van der Waals surface area contributed by atoms with Crippen LogP contribution in [0.3, 0.4) is 0 Å². The van der Waals surface area contributed by atoms with Crippen LogP contribution in [0.2, 0.25) is 0 Å². The van der Waals surface area contributed by atoms with E-state index in [1.54, 1.807) is 0 Å². The SMILES string of the molecule is COC(CNC(=O)CC[C@H]1NC(=O)N(Cc2ccccc2)C1=O)OC. The largest absolute Gasteiger partial charge is 0.354 e. The normalized spacial score (nSPS) is 17.1. The van der Waals surface area contributed by atoms with Gasteiger partial charge in [0, 0.05) is 20.6 Å². The third-order valence-electron chi connectivity index (χ3n) is 3.94. The minimum Gasteiger partial charge on any atom is -0.354 e. The van der Waals surface area contributed by atoms with E-state index in [1.165, 1.54) is 19.1 Å². The number of nitrogens with one attached hydrogen (secondary N) is 2. The Morgan fingerprint density at radius 1 is 1.24 bits per heavy atom. The molecular weight excluding hydrogens is 326 g/mol. The predicted octanol–water partition coefficient (Wildman–Crippen LogP) is 0.622. The van der Waals surface area contributed by atoms with Gasteiger partial charge in [-0.3, -0.25) is 14.5 Å². The molecular formula is C17H23N3O5. The maximum Gasteiger partial charge on any atom is 0.325 e. The van der Waals surface area contributed by atoms with E-state index >= 15 is 0 Å². The second-order valence-corrected chi connectivity index (χ2v) is 5.66. The lowest BCUT2D eigenvalue weighted by Crippen LogP contribution is -2.36. The first-order valence-electron chi connectivity index (χ1n) is 8.03. The lowest BCUT2D eigenvalue weighted by Gasteiger charge is -2.15. The van der Waals surface area contributed by atoms with Crippen molar-refractivity contribution < 1.29 is 23.9 Å². The lowest BCUT2D eigenvalue weighted by atomic mass is 10.1. The Hall–Kier alpha value is -2.45. The first kappa shape index (κ1) is 18.9. The van der Waals surface area contributed by atoms with Crippen molar-refractivity contribution in [2.75, 3.05) is 20.8 Å². The van der Waals surface area contributed by atoms with E-state index in [1.807, 2.05) is 30.3 Å². The van der Waals surface area contributed by atoms with Gasteiger partial charge < -0.3 is 20.1 Å². The van der Waals surface area contributed by atoms with Gasteiger partial charge in [-0.2, -0.15) is 0 Å². The van der Waals surface area contributed by atoms with Crippen molar-refractivity contribution in [1.82, 2.24) is 15.5 Å². The summed E-state index contributed by atoms with van der Waals surface area (Å²) in [4.78, 5) is 37.4. The first-order valence-corrected chi connectivity index (χ1v) is 8.03. The zero-order valence-electron chi connectivity index (χ0n) is 14.4. The van der Waals surface area contributed by atoms with Crippen LogP contribution in [0.15, 0.2) is 30.3 Å². The Kier molecular flexibility index (Phi) is 6.91. The van der Waals surface area contributed by atoms with Crippen molar-refractivity contribution in [3.63, 3.8) is 0 Å². The summed E-state index contributed by atoms with van der Waals surface area (Å²) in [6.07, 6.45) is -0.152. The number of ether oxygens (including phenoxy) is 2. The molecule has 136 valence electrons. The molecule has 4 amide bonds. The maximum atomic E-state index is 12.4. The summed E-state index contributed by atoms with van der Waals surface area (Å²) < 4.78 is 9.95. The van der Waals surface area contributed by atoms with Gasteiger partial charge in [0.25, 0.3) is 5.91 Å². The summed E-state index contributed by atoms with van der Waals surface area (Å²) in [7, 11) is 2.96. The van der Waals surface area contributed by atoms with Gasteiger partial charge in [0.15, 0.2) is 6.29 Å². The standard InChI is InChI=1S/C17H23N3O5/c1-24-15(25-2)10-18-14(21)9-8-13-16(22)20(17(23)19-13)11-12-6-4-3-5-7-12/h3-7,13,15H,8-11H2,1-2H3,(H,18,21)(H,19,23)/t13-/m1/s1. The predicted molar refractivity (Wildman–Crippen MR) is 89.4 cm³/mol. The molecule has 0 spiro atoms. The number of rotatable bonds is 9. The fraction of sp³-hybridized carbons (Fsp3) is 0.471. The highest BCUT2D eigenvalue weighted by atomic mass is 16.7. The van der Waals surface area contributed by atoms with Crippen LogP contribution in [0, 0.1) is 0 Å². The van der Waals surface area contributed by atoms with Crippen molar-refractivity contribution in [3.05, 3.63) is 35.9 Å². The van der Waals surface area contributed by atoms with Crippen molar-refractivity contribution in [3.8, 4) is 0 Å². The average Bonchev–Trinajstić information content (AvgIpc) is 2.89. The molecule has 8 heteroatoms. The highest BCUT2D eigenvalue weighted by Gasteiger charge is 2.37. The van der Waals surface area contributed by atoms with Gasteiger partial charge in [-0.05, 0) is 12.0 Å². The van der Waals surface area contributed by atoms with Gasteiger partial charge >= 0.3 is 6.03 Å². The minimum atomic E-state index is -0.678. The van der Waals surface area contributed by atoms with Crippen molar-refractivity contribution in [2.24, 2.45) is 0 Å². The molecule has 0 radical (unpaired) electrons. The number of imide groups is 1. The number of hydrogen-bond donors (Lipinski definition) is 2. The second-order valence-electron chi connectivity index (χ2n) is 5.66. The lowest BCUT2D eigenvalue weighted by molar-refractivity contribution is -0.129. The molecule has 25 heavy (non-hydrogen) atoms. The Morgan fingerprint density at radius 3 is 2.56 bits per heavy atom. The van der Waals surface area contributed by atoms with Crippen LogP contribution in [0.4, 0.5) is 4.79 Å². The van der Waals surface area contributed by atoms with Gasteiger partial charge in [0.2, 0.25) is 5.91 Å². The molecule has 0 saturated carbocycles. The van der Waals surface area contributed by atoms with Gasteiger partial charge in [-0.25, -0.2) is 4.79 Å². The number of methoxy groups -OCH3 is 2. The molecule has 0 aromatic heterocycles. The van der Waals surface area contributed by atoms with Gasteiger partial charge in [-0.15, -0.1) is 0 Å². The molecule has 1 aromatic rings. The van der Waals surface area contributed by atoms with E-state index < -0.39 is 18.4 Å². The quantitative estimate of drug-likeness (QED) is 0.503. The fourth-order valence-electron chi connectivity index (χ4n) is 2.51. The zero-order chi connectivity index (χ0) is 18.2. The van der Waals surface area contributed by atoms with E-state index in [2.05, 4.69) is 10.6 Å². The topological polar surface area (TPSA) is 97.0 Å². The zero-order valence-corrected chi connectivity index (χ0v) is 14.4. The monoisotopic (exact) mass is 349 g/mol. The molecule has 0 bridgehead atoms. The van der Waals surface area contributed by atoms with Crippen LogP contribution < -0.4 is 10.6 Å². The number of carbonyl (C=O) groups excluding carboxylic acids is 3. The summed E-state index contributed by atoms with van der Waals surface area (Å²) in [5.74, 6) is -0.545. The smallest absolute Gasteiger partial charge is 0.325 e. The molecule has 1 saturated heterocycles. The summed E-state index contributed by atoms with van der Waals surface area (Å²) in [6.45, 7) is 0.439. The third kappa shape index (κ3) is 5.27. The Morgan fingerprint density at radius 2 is 1.92 bits per heavy atom. The van der Waals surface area contributed by atoms with Crippen LogP contribution >= 0.6 is 0 Å². The minimum absolute atomic E-state index is 0.121. The van der Waals surface area contributed by atoms with E-state index in [9.17, 15) is 14.4 Å². The van der Waals surface area contributed by atoms with Crippen LogP contribution in [0.5, 0.6) is 0 Å². The summed E-state index contributed by atoms with van der Waals surface area (Å²) in [5.41, 5.74) is 0.870. The number of benzene rings is 1. The number of urea groups is 1. The maximum absolute atomic E-state index is 12.4. The van der Waals surface area contributed by atoms with Gasteiger partial charge in [0.05, 0.1) is 13.1 Å². The third-order valence-corrected chi connectivity index (χ3v) is 3.94. The number of carbonyl (C=O) groups is 3. The van der Waals surface area contributed by atoms with E-state index in [-0.39, 0.29) is 37.7 Å². The molecule has 1 aliphatic rings. The van der Waals surface area contributed by atoms with Gasteiger partial charge in [-0.1, -0.05) is 30.3 Å². The van der Waals surface area contributed by atoms with Crippen LogP contribution in [0.1, 0.15) is 18.4 Å². The highest BCUT2D eigenvalue weighted by Crippen LogP contribution is 2.15. The number of amides is 4. The van der Waals surface area contributed by atoms with Crippen LogP contribution in [-0.2, 0) is 25.6 Å². The molecule has 2 N–H and O–H groups in total. The number of nitrogens with zero attached hydrogens (tertiary/aromatic N) is 1. The van der Waals surface area contributed by atoms with E-state index in [4.69, 9.17) is 9.47 Å². The van der Waals surface area contributed by atoms with Gasteiger partial charge in [0.1, 0.15) is 6.04 Å². The summed E-state index contributed by atoms with van der Waals surface area (Å²) in [6, 6.07) is 8.16. The fourth-order valence-corrected chi connectivity index (χ4v) is 2.51. The molecule has 1 aliphatic heterocycles. The average molecular weight is 349 g/mol. The molecule has 1 aromatic carbocycles. The van der Waals surface area contributed by atoms with E-state index in [0.29, 0.717) is 0 Å². The molecule has 0 aliphatic carbocycles. The van der Waals surface area contributed by atoms with Crippen molar-refractivity contribution in [2.45, 2.75) is 31.7 Å². The molecule has 1 fully saturated rings.